The molecule has 0 aromatic heterocycles. The van der Waals surface area contributed by atoms with Crippen molar-refractivity contribution in [3.8, 4) is 6.07 Å². The molecule has 1 atom stereocenters. The summed E-state index contributed by atoms with van der Waals surface area (Å²) in [6.45, 7) is 1.72. The minimum Gasteiger partial charge on any atom is -0.324 e. The standard InChI is InChI=1S/C9H9FN2/c1-6(12)7-3-2-4-9(10)8(7)5-11/h2-4,6H,12H2,1H3. The highest BCUT2D eigenvalue weighted by atomic mass is 19.1. The number of nitrogens with zero attached hydrogens (tertiary/aromatic N) is 1. The second-order valence-electron chi connectivity index (χ2n) is 2.60. The van der Waals surface area contributed by atoms with Gasteiger partial charge in [0.2, 0.25) is 0 Å². The molecule has 2 nitrogen and oxygen atoms in total. The van der Waals surface area contributed by atoms with E-state index in [4.69, 9.17) is 11.0 Å². The van der Waals surface area contributed by atoms with Crippen molar-refractivity contribution in [1.29, 1.82) is 5.26 Å². The van der Waals surface area contributed by atoms with Gasteiger partial charge in [-0.25, -0.2) is 4.39 Å². The van der Waals surface area contributed by atoms with Crippen LogP contribution in [0.5, 0.6) is 0 Å². The van der Waals surface area contributed by atoms with Gasteiger partial charge in [-0.1, -0.05) is 12.1 Å². The Hall–Kier alpha value is -1.40. The molecule has 0 bridgehead atoms. The lowest BCUT2D eigenvalue weighted by Gasteiger charge is -2.07. The largest absolute Gasteiger partial charge is 0.324 e. The molecule has 0 amide bonds. The van der Waals surface area contributed by atoms with Gasteiger partial charge in [0.25, 0.3) is 0 Å². The molecule has 0 heterocycles. The fourth-order valence-electron chi connectivity index (χ4n) is 1.04. The predicted octanol–water partition coefficient (Wildman–Crippen LogP) is 1.72. The Labute approximate surface area is 70.4 Å². The Kier molecular flexibility index (Phi) is 2.41. The molecular formula is C9H9FN2. The van der Waals surface area contributed by atoms with E-state index in [0.717, 1.165) is 0 Å². The monoisotopic (exact) mass is 164 g/mol. The number of hydrogen-bond donors (Lipinski definition) is 1. The summed E-state index contributed by atoms with van der Waals surface area (Å²) in [5.41, 5.74) is 6.14. The molecule has 0 saturated carbocycles. The zero-order valence-electron chi connectivity index (χ0n) is 6.71. The second-order valence-corrected chi connectivity index (χ2v) is 2.60. The van der Waals surface area contributed by atoms with Crippen molar-refractivity contribution < 1.29 is 4.39 Å². The quantitative estimate of drug-likeness (QED) is 0.687. The fourth-order valence-corrected chi connectivity index (χ4v) is 1.04. The molecule has 1 aromatic carbocycles. The molecule has 1 rings (SSSR count). The molecule has 0 spiro atoms. The van der Waals surface area contributed by atoms with Gasteiger partial charge in [-0.15, -0.1) is 0 Å². The maximum Gasteiger partial charge on any atom is 0.141 e. The molecule has 1 unspecified atom stereocenters. The van der Waals surface area contributed by atoms with E-state index in [9.17, 15) is 4.39 Å². The summed E-state index contributed by atoms with van der Waals surface area (Å²) in [7, 11) is 0. The molecule has 0 saturated heterocycles. The summed E-state index contributed by atoms with van der Waals surface area (Å²) < 4.78 is 12.9. The molecule has 0 aliphatic rings. The average molecular weight is 164 g/mol. The van der Waals surface area contributed by atoms with E-state index in [1.165, 1.54) is 6.07 Å². The van der Waals surface area contributed by atoms with E-state index < -0.39 is 5.82 Å². The summed E-state index contributed by atoms with van der Waals surface area (Å²) in [6, 6.07) is 5.94. The van der Waals surface area contributed by atoms with Crippen LogP contribution < -0.4 is 5.73 Å². The van der Waals surface area contributed by atoms with Crippen molar-refractivity contribution in [2.24, 2.45) is 5.73 Å². The summed E-state index contributed by atoms with van der Waals surface area (Å²) in [4.78, 5) is 0. The Morgan fingerprint density at radius 1 is 1.58 bits per heavy atom. The number of nitrogens with two attached hydrogens (primary N) is 1. The van der Waals surface area contributed by atoms with Crippen LogP contribution in [0.2, 0.25) is 0 Å². The Balaban J connectivity index is 3.30. The van der Waals surface area contributed by atoms with Crippen LogP contribution in [0.15, 0.2) is 18.2 Å². The summed E-state index contributed by atoms with van der Waals surface area (Å²) in [5, 5.41) is 8.60. The second kappa shape index (κ2) is 3.33. The summed E-state index contributed by atoms with van der Waals surface area (Å²) >= 11 is 0. The van der Waals surface area contributed by atoms with Crippen molar-refractivity contribution in [2.45, 2.75) is 13.0 Å². The predicted molar refractivity (Wildman–Crippen MR) is 43.7 cm³/mol. The lowest BCUT2D eigenvalue weighted by atomic mass is 10.0. The maximum absolute atomic E-state index is 12.9. The van der Waals surface area contributed by atoms with E-state index in [1.807, 2.05) is 0 Å². The Morgan fingerprint density at radius 2 is 2.25 bits per heavy atom. The molecular weight excluding hydrogens is 155 g/mol. The van der Waals surface area contributed by atoms with E-state index in [1.54, 1.807) is 25.1 Å². The van der Waals surface area contributed by atoms with Crippen LogP contribution in [0.25, 0.3) is 0 Å². The molecule has 0 aliphatic carbocycles. The zero-order chi connectivity index (χ0) is 9.14. The van der Waals surface area contributed by atoms with Crippen LogP contribution in [0.4, 0.5) is 4.39 Å². The number of nitriles is 1. The van der Waals surface area contributed by atoms with Crippen molar-refractivity contribution in [2.75, 3.05) is 0 Å². The van der Waals surface area contributed by atoms with Gasteiger partial charge in [0.15, 0.2) is 0 Å². The first-order valence-corrected chi connectivity index (χ1v) is 3.61. The van der Waals surface area contributed by atoms with Crippen LogP contribution in [0.3, 0.4) is 0 Å². The van der Waals surface area contributed by atoms with Crippen molar-refractivity contribution in [3.63, 3.8) is 0 Å². The van der Waals surface area contributed by atoms with Gasteiger partial charge in [0.05, 0.1) is 5.56 Å². The van der Waals surface area contributed by atoms with Gasteiger partial charge in [-0.05, 0) is 18.6 Å². The smallest absolute Gasteiger partial charge is 0.141 e. The Morgan fingerprint density at radius 3 is 2.67 bits per heavy atom. The normalized spacial score (nSPS) is 12.2. The topological polar surface area (TPSA) is 49.8 Å². The first-order chi connectivity index (χ1) is 5.66. The lowest BCUT2D eigenvalue weighted by molar-refractivity contribution is 0.618. The van der Waals surface area contributed by atoms with Gasteiger partial charge in [-0.2, -0.15) is 5.26 Å². The lowest BCUT2D eigenvalue weighted by Crippen LogP contribution is -2.08. The Bertz CT molecular complexity index is 326. The van der Waals surface area contributed by atoms with Crippen LogP contribution in [-0.4, -0.2) is 0 Å². The van der Waals surface area contributed by atoms with E-state index in [-0.39, 0.29) is 11.6 Å². The summed E-state index contributed by atoms with van der Waals surface area (Å²) in [6.07, 6.45) is 0. The average Bonchev–Trinajstić information content (AvgIpc) is 2.03. The third-order valence-corrected chi connectivity index (χ3v) is 1.65. The number of hydrogen-bond acceptors (Lipinski definition) is 2. The van der Waals surface area contributed by atoms with Gasteiger partial charge >= 0.3 is 0 Å². The number of halogens is 1. The minimum atomic E-state index is -0.507. The molecule has 0 radical (unpaired) electrons. The highest BCUT2D eigenvalue weighted by Crippen LogP contribution is 2.17. The first-order valence-electron chi connectivity index (χ1n) is 3.61. The molecule has 12 heavy (non-hydrogen) atoms. The highest BCUT2D eigenvalue weighted by Gasteiger charge is 2.09. The van der Waals surface area contributed by atoms with Crippen molar-refractivity contribution in [1.82, 2.24) is 0 Å². The van der Waals surface area contributed by atoms with Gasteiger partial charge < -0.3 is 5.73 Å². The van der Waals surface area contributed by atoms with Crippen molar-refractivity contribution >= 4 is 0 Å². The molecule has 3 heteroatoms. The van der Waals surface area contributed by atoms with Crippen LogP contribution in [-0.2, 0) is 0 Å². The molecule has 0 aliphatic heterocycles. The first kappa shape index (κ1) is 8.69. The van der Waals surface area contributed by atoms with E-state index in [2.05, 4.69) is 0 Å². The summed E-state index contributed by atoms with van der Waals surface area (Å²) in [5.74, 6) is -0.507. The molecule has 0 fully saturated rings. The van der Waals surface area contributed by atoms with E-state index in [0.29, 0.717) is 5.56 Å². The number of benzene rings is 1. The van der Waals surface area contributed by atoms with Gasteiger partial charge in [0.1, 0.15) is 11.9 Å². The van der Waals surface area contributed by atoms with Crippen LogP contribution in [0.1, 0.15) is 24.1 Å². The highest BCUT2D eigenvalue weighted by molar-refractivity contribution is 5.40. The molecule has 1 aromatic rings. The SMILES string of the molecule is CC(N)c1cccc(F)c1C#N. The van der Waals surface area contributed by atoms with Gasteiger partial charge in [-0.3, -0.25) is 0 Å². The van der Waals surface area contributed by atoms with E-state index >= 15 is 0 Å². The number of rotatable bonds is 1. The maximum atomic E-state index is 12.9. The fraction of sp³-hybridized carbons (Fsp3) is 0.222. The van der Waals surface area contributed by atoms with Crippen LogP contribution >= 0.6 is 0 Å². The zero-order valence-corrected chi connectivity index (χ0v) is 6.71. The third kappa shape index (κ3) is 1.44. The molecule has 2 N–H and O–H groups in total. The van der Waals surface area contributed by atoms with Crippen molar-refractivity contribution in [3.05, 3.63) is 35.1 Å². The van der Waals surface area contributed by atoms with Crippen LogP contribution in [0, 0.1) is 17.1 Å². The third-order valence-electron chi connectivity index (χ3n) is 1.65. The minimum absolute atomic E-state index is 0.0486. The van der Waals surface area contributed by atoms with Gasteiger partial charge in [0, 0.05) is 6.04 Å². The molecule has 62 valence electrons.